The molecular weight excluding hydrogens is 230 g/mol. The molecule has 1 aliphatic heterocycles. The molecule has 1 aromatic rings. The van der Waals surface area contributed by atoms with Gasteiger partial charge in [-0.15, -0.1) is 10.2 Å². The molecule has 2 heterocycles. The normalized spacial score (nSPS) is 28.4. The molecule has 1 unspecified atom stereocenters. The summed E-state index contributed by atoms with van der Waals surface area (Å²) in [4.78, 5) is 0. The maximum atomic E-state index is 11.4. The second kappa shape index (κ2) is 3.81. The van der Waals surface area contributed by atoms with E-state index in [-0.39, 0.29) is 11.5 Å². The molecule has 0 aliphatic carbocycles. The maximum absolute atomic E-state index is 11.4. The zero-order valence-corrected chi connectivity index (χ0v) is 9.96. The van der Waals surface area contributed by atoms with Crippen molar-refractivity contribution in [1.29, 1.82) is 0 Å². The summed E-state index contributed by atoms with van der Waals surface area (Å²) in [6.07, 6.45) is 1.06. The van der Waals surface area contributed by atoms with Gasteiger partial charge >= 0.3 is 0 Å². The second-order valence-corrected chi connectivity index (χ2v) is 6.63. The number of sulfone groups is 1. The van der Waals surface area contributed by atoms with E-state index < -0.39 is 15.3 Å². The molecule has 1 fully saturated rings. The highest BCUT2D eigenvalue weighted by Crippen LogP contribution is 2.34. The third-order valence-corrected chi connectivity index (χ3v) is 4.75. The fourth-order valence-electron chi connectivity index (χ4n) is 1.90. The largest absolute Gasteiger partial charge is 0.425 e. The number of hydrogen-bond donors (Lipinski definition) is 1. The van der Waals surface area contributed by atoms with Gasteiger partial charge in [-0.2, -0.15) is 0 Å². The van der Waals surface area contributed by atoms with Gasteiger partial charge in [-0.05, 0) is 13.3 Å². The van der Waals surface area contributed by atoms with Crippen LogP contribution in [0.4, 0.5) is 0 Å². The van der Waals surface area contributed by atoms with Crippen LogP contribution >= 0.6 is 0 Å². The first-order valence-electron chi connectivity index (χ1n) is 5.19. The Kier molecular flexibility index (Phi) is 2.75. The monoisotopic (exact) mass is 245 g/mol. The molecule has 16 heavy (non-hydrogen) atoms. The summed E-state index contributed by atoms with van der Waals surface area (Å²) in [6.45, 7) is 2.29. The van der Waals surface area contributed by atoms with Crippen molar-refractivity contribution < 1.29 is 12.8 Å². The van der Waals surface area contributed by atoms with Gasteiger partial charge in [0.1, 0.15) is 0 Å². The second-order valence-electron chi connectivity index (χ2n) is 4.44. The molecule has 1 saturated heterocycles. The number of aromatic nitrogens is 2. The summed E-state index contributed by atoms with van der Waals surface area (Å²) in [5.74, 6) is 1.17. The van der Waals surface area contributed by atoms with Gasteiger partial charge in [0.25, 0.3) is 0 Å². The number of nitrogens with zero attached hydrogens (tertiary/aromatic N) is 2. The minimum absolute atomic E-state index is 0.0876. The van der Waals surface area contributed by atoms with E-state index in [0.717, 1.165) is 0 Å². The molecular formula is C9H15N3O3S. The molecule has 0 amide bonds. The lowest BCUT2D eigenvalue weighted by atomic mass is 9.90. The first-order valence-corrected chi connectivity index (χ1v) is 7.01. The maximum Gasteiger partial charge on any atom is 0.223 e. The Morgan fingerprint density at radius 3 is 2.81 bits per heavy atom. The lowest BCUT2D eigenvalue weighted by molar-refractivity contribution is 0.357. The van der Waals surface area contributed by atoms with Gasteiger partial charge in [-0.3, -0.25) is 0 Å². The lowest BCUT2D eigenvalue weighted by Crippen LogP contribution is -2.23. The molecule has 6 nitrogen and oxygen atoms in total. The van der Waals surface area contributed by atoms with Crippen LogP contribution in [0.15, 0.2) is 4.42 Å². The Bertz CT molecular complexity index is 482. The average molecular weight is 245 g/mol. The molecule has 0 radical (unpaired) electrons. The summed E-state index contributed by atoms with van der Waals surface area (Å²) in [5.41, 5.74) is 4.85. The van der Waals surface area contributed by atoms with Crippen LogP contribution in [0, 0.1) is 0 Å². The quantitative estimate of drug-likeness (QED) is 0.781. The van der Waals surface area contributed by atoms with Crippen molar-refractivity contribution in [3.8, 4) is 0 Å². The standard InChI is InChI=1S/C9H15N3O3S/c1-9(3-5-16(13,14)6-9)8-12-11-7(15-8)2-4-10/h2-6,10H2,1H3. The van der Waals surface area contributed by atoms with Crippen LogP contribution in [0.2, 0.25) is 0 Å². The smallest absolute Gasteiger partial charge is 0.223 e. The van der Waals surface area contributed by atoms with Gasteiger partial charge in [0.15, 0.2) is 9.84 Å². The van der Waals surface area contributed by atoms with Crippen LogP contribution in [-0.4, -0.2) is 36.7 Å². The van der Waals surface area contributed by atoms with Crippen LogP contribution in [0.1, 0.15) is 25.1 Å². The molecule has 2 N–H and O–H groups in total. The van der Waals surface area contributed by atoms with Crippen LogP contribution < -0.4 is 5.73 Å². The van der Waals surface area contributed by atoms with Crippen molar-refractivity contribution in [1.82, 2.24) is 10.2 Å². The van der Waals surface area contributed by atoms with Crippen LogP contribution in [-0.2, 0) is 21.7 Å². The van der Waals surface area contributed by atoms with Gasteiger partial charge < -0.3 is 10.2 Å². The molecule has 0 saturated carbocycles. The van der Waals surface area contributed by atoms with E-state index in [9.17, 15) is 8.42 Å². The highest BCUT2D eigenvalue weighted by atomic mass is 32.2. The molecule has 2 rings (SSSR count). The minimum Gasteiger partial charge on any atom is -0.425 e. The first kappa shape index (κ1) is 11.5. The van der Waals surface area contributed by atoms with E-state index in [4.69, 9.17) is 10.2 Å². The van der Waals surface area contributed by atoms with Crippen molar-refractivity contribution in [2.24, 2.45) is 5.73 Å². The van der Waals surface area contributed by atoms with E-state index in [0.29, 0.717) is 31.2 Å². The fraction of sp³-hybridized carbons (Fsp3) is 0.778. The van der Waals surface area contributed by atoms with E-state index in [1.807, 2.05) is 6.92 Å². The Balaban J connectivity index is 2.23. The Morgan fingerprint density at radius 2 is 2.25 bits per heavy atom. The van der Waals surface area contributed by atoms with Crippen molar-refractivity contribution in [3.63, 3.8) is 0 Å². The van der Waals surface area contributed by atoms with E-state index in [2.05, 4.69) is 10.2 Å². The predicted octanol–water partition coefficient (Wildman–Crippen LogP) is -0.353. The van der Waals surface area contributed by atoms with Crippen LogP contribution in [0.5, 0.6) is 0 Å². The number of hydrogen-bond acceptors (Lipinski definition) is 6. The molecule has 1 atom stereocenters. The van der Waals surface area contributed by atoms with Crippen LogP contribution in [0.25, 0.3) is 0 Å². The molecule has 7 heteroatoms. The van der Waals surface area contributed by atoms with Gasteiger partial charge in [0, 0.05) is 13.0 Å². The summed E-state index contributed by atoms with van der Waals surface area (Å²) >= 11 is 0. The SMILES string of the molecule is CC1(c2nnc(CCN)o2)CCS(=O)(=O)C1. The van der Waals surface area contributed by atoms with E-state index in [1.54, 1.807) is 0 Å². The molecule has 0 aromatic carbocycles. The Hall–Kier alpha value is -0.950. The Labute approximate surface area is 94.1 Å². The number of rotatable bonds is 3. The lowest BCUT2D eigenvalue weighted by Gasteiger charge is -2.15. The van der Waals surface area contributed by atoms with Crippen LogP contribution in [0.3, 0.4) is 0 Å². The van der Waals surface area contributed by atoms with Gasteiger partial charge in [0.05, 0.1) is 16.9 Å². The van der Waals surface area contributed by atoms with Crippen molar-refractivity contribution in [3.05, 3.63) is 11.8 Å². The molecule has 0 bridgehead atoms. The van der Waals surface area contributed by atoms with Crippen molar-refractivity contribution in [2.75, 3.05) is 18.1 Å². The van der Waals surface area contributed by atoms with Crippen molar-refractivity contribution >= 4 is 9.84 Å². The average Bonchev–Trinajstić information content (AvgIpc) is 2.73. The Morgan fingerprint density at radius 1 is 1.50 bits per heavy atom. The third kappa shape index (κ3) is 2.10. The zero-order valence-electron chi connectivity index (χ0n) is 9.14. The topological polar surface area (TPSA) is 99.1 Å². The summed E-state index contributed by atoms with van der Waals surface area (Å²) < 4.78 is 28.3. The van der Waals surface area contributed by atoms with Gasteiger partial charge in [-0.25, -0.2) is 8.42 Å². The molecule has 90 valence electrons. The molecule has 1 aromatic heterocycles. The molecule has 1 aliphatic rings. The highest BCUT2D eigenvalue weighted by Gasteiger charge is 2.43. The highest BCUT2D eigenvalue weighted by molar-refractivity contribution is 7.91. The fourth-order valence-corrected chi connectivity index (χ4v) is 4.05. The van der Waals surface area contributed by atoms with E-state index in [1.165, 1.54) is 0 Å². The minimum atomic E-state index is -2.96. The zero-order chi connectivity index (χ0) is 11.8. The number of nitrogens with two attached hydrogens (primary N) is 1. The first-order chi connectivity index (χ1) is 7.45. The summed E-state index contributed by atoms with van der Waals surface area (Å²) in [6, 6.07) is 0. The van der Waals surface area contributed by atoms with Crippen molar-refractivity contribution in [2.45, 2.75) is 25.2 Å². The summed E-state index contributed by atoms with van der Waals surface area (Å²) in [5, 5.41) is 7.77. The third-order valence-electron chi connectivity index (χ3n) is 2.84. The van der Waals surface area contributed by atoms with Gasteiger partial charge in [-0.1, -0.05) is 0 Å². The van der Waals surface area contributed by atoms with Gasteiger partial charge in [0.2, 0.25) is 11.8 Å². The predicted molar refractivity (Wildman–Crippen MR) is 57.7 cm³/mol. The van der Waals surface area contributed by atoms with E-state index >= 15 is 0 Å². The summed E-state index contributed by atoms with van der Waals surface area (Å²) in [7, 11) is -2.96. The molecule has 0 spiro atoms.